The number of rotatable bonds is 9. The zero-order valence-electron chi connectivity index (χ0n) is 9.33. The van der Waals surface area contributed by atoms with Crippen LogP contribution >= 0.6 is 0 Å². The molecule has 2 atom stereocenters. The molecule has 0 rings (SSSR count). The van der Waals surface area contributed by atoms with E-state index in [1.165, 1.54) is 0 Å². The number of hydrogen-bond donors (Lipinski definition) is 0. The first kappa shape index (κ1) is 20.9. The van der Waals surface area contributed by atoms with Crippen molar-refractivity contribution >= 4 is 40.5 Å². The van der Waals surface area contributed by atoms with Crippen LogP contribution in [0.1, 0.15) is 25.7 Å². The molecular formula is C6H12NaO6S4-. The molecule has 0 amide bonds. The first-order chi connectivity index (χ1) is 7.21. The van der Waals surface area contributed by atoms with Crippen molar-refractivity contribution < 1.29 is 55.4 Å². The van der Waals surface area contributed by atoms with E-state index in [1.807, 2.05) is 0 Å². The average Bonchev–Trinajstić information content (AvgIpc) is 2.06. The molecule has 0 heterocycles. The predicted molar refractivity (Wildman–Crippen MR) is 62.9 cm³/mol. The van der Waals surface area contributed by atoms with E-state index >= 15 is 0 Å². The number of hydrogen-bond acceptors (Lipinski definition) is 8. The minimum atomic E-state index is -3.78. The van der Waals surface area contributed by atoms with Gasteiger partial charge in [0.15, 0.2) is 0 Å². The maximum Gasteiger partial charge on any atom is 1.00 e. The van der Waals surface area contributed by atoms with Gasteiger partial charge in [0.2, 0.25) is 0 Å². The second kappa shape index (κ2) is 10.4. The molecule has 0 fully saturated rings. The van der Waals surface area contributed by atoms with Crippen LogP contribution in [0.15, 0.2) is 0 Å². The Hall–Kier alpha value is 1.58. The van der Waals surface area contributed by atoms with Gasteiger partial charge in [0, 0.05) is 0 Å². The Labute approximate surface area is 134 Å². The Morgan fingerprint density at radius 2 is 1.12 bits per heavy atom. The average molecular weight is 331 g/mol. The molecule has 2 unspecified atom stereocenters. The van der Waals surface area contributed by atoms with Crippen LogP contribution in [0.25, 0.3) is 0 Å². The third-order valence-electron chi connectivity index (χ3n) is 1.49. The minimum Gasteiger partial charge on any atom is -0.748 e. The zero-order valence-corrected chi connectivity index (χ0v) is 14.6. The Bertz CT molecular complexity index is 339. The largest absolute Gasteiger partial charge is 1.00 e. The van der Waals surface area contributed by atoms with Crippen LogP contribution in [0.3, 0.4) is 0 Å². The molecular weight excluding hydrogens is 319 g/mol. The van der Waals surface area contributed by atoms with Crippen LogP contribution in [-0.4, -0.2) is 30.7 Å². The third kappa shape index (κ3) is 20.1. The molecule has 6 nitrogen and oxygen atoms in total. The van der Waals surface area contributed by atoms with Crippen LogP contribution in [-0.2, 0) is 48.8 Å². The van der Waals surface area contributed by atoms with Gasteiger partial charge in [-0.1, -0.05) is 12.8 Å². The third-order valence-corrected chi connectivity index (χ3v) is 2.98. The molecule has 17 heavy (non-hydrogen) atoms. The molecule has 0 saturated heterocycles. The van der Waals surface area contributed by atoms with Crippen molar-refractivity contribution in [2.24, 2.45) is 0 Å². The van der Waals surface area contributed by atoms with Crippen LogP contribution < -0.4 is 29.6 Å². The van der Waals surface area contributed by atoms with Crippen molar-refractivity contribution in [2.45, 2.75) is 25.7 Å². The molecule has 0 aliphatic heterocycles. The second-order valence-electron chi connectivity index (χ2n) is 2.87. The van der Waals surface area contributed by atoms with Gasteiger partial charge in [-0.15, -0.1) is 0 Å². The van der Waals surface area contributed by atoms with Gasteiger partial charge in [-0.05, 0) is 35.2 Å². The van der Waals surface area contributed by atoms with Crippen LogP contribution in [0.5, 0.6) is 0 Å². The first-order valence-corrected chi connectivity index (χ1v) is 9.08. The molecule has 0 aliphatic carbocycles. The molecule has 0 aliphatic rings. The van der Waals surface area contributed by atoms with Crippen LogP contribution in [0.2, 0.25) is 0 Å². The molecule has 0 N–H and O–H groups in total. The summed E-state index contributed by atoms with van der Waals surface area (Å²) in [5, 5.41) is 0. The van der Waals surface area contributed by atoms with Crippen molar-refractivity contribution in [3.05, 3.63) is 0 Å². The normalized spacial score (nSPS) is 17.8. The minimum absolute atomic E-state index is 0. The Kier molecular flexibility index (Phi) is 12.8. The Balaban J connectivity index is 0. The summed E-state index contributed by atoms with van der Waals surface area (Å²) < 4.78 is 50.2. The fraction of sp³-hybridized carbons (Fsp3) is 1.00. The Morgan fingerprint density at radius 3 is 1.35 bits per heavy atom. The van der Waals surface area contributed by atoms with Crippen molar-refractivity contribution in [3.8, 4) is 0 Å². The van der Waals surface area contributed by atoms with Crippen molar-refractivity contribution in [1.29, 1.82) is 0 Å². The quantitative estimate of drug-likeness (QED) is 0.329. The van der Waals surface area contributed by atoms with E-state index in [0.29, 0.717) is 25.7 Å². The van der Waals surface area contributed by atoms with Crippen molar-refractivity contribution in [3.63, 3.8) is 0 Å². The molecule has 11 heteroatoms. The van der Waals surface area contributed by atoms with E-state index in [1.54, 1.807) is 0 Å². The SMILES string of the molecule is O=S([O-])(=S)OCCCCCCOS(=O)([O-])=S.[Na+]. The zero-order chi connectivity index (χ0) is 12.7. The van der Waals surface area contributed by atoms with Gasteiger partial charge in [-0.2, -0.15) is 0 Å². The summed E-state index contributed by atoms with van der Waals surface area (Å²) in [6.07, 6.45) is 2.48. The molecule has 0 spiro atoms. The van der Waals surface area contributed by atoms with Gasteiger partial charge in [0.1, 0.15) is 0 Å². The second-order valence-corrected chi connectivity index (χ2v) is 7.43. The van der Waals surface area contributed by atoms with E-state index in [0.717, 1.165) is 0 Å². The summed E-state index contributed by atoms with van der Waals surface area (Å²) in [5.41, 5.74) is 0. The first-order valence-electron chi connectivity index (χ1n) is 4.41. The van der Waals surface area contributed by atoms with Gasteiger partial charge in [0.05, 0.1) is 31.3 Å². The maximum absolute atomic E-state index is 10.4. The molecule has 0 radical (unpaired) electrons. The molecule has 0 bridgehead atoms. The molecule has 0 saturated carbocycles. The monoisotopic (exact) mass is 331 g/mol. The van der Waals surface area contributed by atoms with Gasteiger partial charge in [-0.25, -0.2) is 8.42 Å². The molecule has 0 aromatic rings. The maximum atomic E-state index is 10.4. The van der Waals surface area contributed by atoms with Crippen LogP contribution in [0, 0.1) is 0 Å². The number of unbranched alkanes of at least 4 members (excludes halogenated alkanes) is 3. The fourth-order valence-corrected chi connectivity index (χ4v) is 1.93. The van der Waals surface area contributed by atoms with Gasteiger partial charge in [0.25, 0.3) is 0 Å². The van der Waals surface area contributed by atoms with Crippen molar-refractivity contribution in [1.82, 2.24) is 0 Å². The summed E-state index contributed by atoms with van der Waals surface area (Å²) in [7, 11) is -7.55. The van der Waals surface area contributed by atoms with Gasteiger partial charge >= 0.3 is 29.6 Å². The smallest absolute Gasteiger partial charge is 0.748 e. The van der Waals surface area contributed by atoms with E-state index in [9.17, 15) is 17.5 Å². The summed E-state index contributed by atoms with van der Waals surface area (Å²) in [5.74, 6) is 0. The van der Waals surface area contributed by atoms with Gasteiger partial charge < -0.3 is 9.11 Å². The summed E-state index contributed by atoms with van der Waals surface area (Å²) in [6.45, 7) is 0.0953. The van der Waals surface area contributed by atoms with E-state index < -0.39 is 18.1 Å². The van der Waals surface area contributed by atoms with Gasteiger partial charge in [-0.3, -0.25) is 8.37 Å². The van der Waals surface area contributed by atoms with E-state index in [2.05, 4.69) is 30.7 Å². The summed E-state index contributed by atoms with van der Waals surface area (Å²) in [4.78, 5) is 0. The van der Waals surface area contributed by atoms with E-state index in [-0.39, 0.29) is 42.8 Å². The predicted octanol–water partition coefficient (Wildman–Crippen LogP) is -2.83. The van der Waals surface area contributed by atoms with E-state index in [4.69, 9.17) is 0 Å². The standard InChI is InChI=1S/C6H14O6S4.Na/c7-15(8,13)11-5-3-1-2-4-6-12-16(9,10)14;/h1-6H2,(H,7,8,13)(H,9,10,14);/q;+1/p-2. The summed E-state index contributed by atoms with van der Waals surface area (Å²) in [6, 6.07) is 0. The topological polar surface area (TPSA) is 98.7 Å². The fourth-order valence-electron chi connectivity index (χ4n) is 0.880. The molecule has 0 aromatic heterocycles. The molecule has 0 aromatic carbocycles. The van der Waals surface area contributed by atoms with Crippen molar-refractivity contribution in [2.75, 3.05) is 13.2 Å². The van der Waals surface area contributed by atoms with Crippen LogP contribution in [0.4, 0.5) is 0 Å². The summed E-state index contributed by atoms with van der Waals surface area (Å²) >= 11 is 7.99. The molecule has 98 valence electrons. The Morgan fingerprint density at radius 1 is 0.824 bits per heavy atom.